The second kappa shape index (κ2) is 13.0. The summed E-state index contributed by atoms with van der Waals surface area (Å²) in [6.07, 6.45) is 1.51. The maximum Gasteiger partial charge on any atom is 0.264 e. The van der Waals surface area contributed by atoms with Gasteiger partial charge in [-0.1, -0.05) is 29.8 Å². The zero-order valence-electron chi connectivity index (χ0n) is 22.3. The van der Waals surface area contributed by atoms with E-state index in [1.165, 1.54) is 38.6 Å². The zero-order chi connectivity index (χ0) is 27.7. The Kier molecular flexibility index (Phi) is 9.72. The highest BCUT2D eigenvalue weighted by Crippen LogP contribution is 2.33. The first-order valence-corrected chi connectivity index (χ1v) is 13.7. The quantitative estimate of drug-likeness (QED) is 0.274. The van der Waals surface area contributed by atoms with Crippen LogP contribution in [0.2, 0.25) is 0 Å². The van der Waals surface area contributed by atoms with Crippen molar-refractivity contribution in [3.05, 3.63) is 77.9 Å². The highest BCUT2D eigenvalue weighted by molar-refractivity contribution is 7.92. The molecule has 0 aliphatic rings. The molecule has 0 heterocycles. The fourth-order valence-corrected chi connectivity index (χ4v) is 5.25. The van der Waals surface area contributed by atoms with Gasteiger partial charge in [0.2, 0.25) is 0 Å². The van der Waals surface area contributed by atoms with Gasteiger partial charge in [0.05, 0.1) is 31.0 Å². The first kappa shape index (κ1) is 28.5. The molecule has 10 heteroatoms. The van der Waals surface area contributed by atoms with Crippen LogP contribution < -0.4 is 24.1 Å². The maximum atomic E-state index is 13.6. The molecule has 0 unspecified atom stereocenters. The van der Waals surface area contributed by atoms with Crippen LogP contribution >= 0.6 is 0 Å². The number of carbonyl (C=O) groups is 1. The molecule has 9 nitrogen and oxygen atoms in total. The predicted octanol–water partition coefficient (Wildman–Crippen LogP) is 4.20. The molecule has 1 N–H and O–H groups in total. The molecule has 3 rings (SSSR count). The molecule has 202 valence electrons. The molecule has 0 aliphatic carbocycles. The van der Waals surface area contributed by atoms with Crippen molar-refractivity contribution in [1.82, 2.24) is 5.43 Å². The van der Waals surface area contributed by atoms with Gasteiger partial charge in [-0.25, -0.2) is 13.8 Å². The lowest BCUT2D eigenvalue weighted by atomic mass is 10.2. The maximum absolute atomic E-state index is 13.6. The van der Waals surface area contributed by atoms with Gasteiger partial charge in [0.15, 0.2) is 11.5 Å². The van der Waals surface area contributed by atoms with E-state index in [1.807, 2.05) is 31.2 Å². The number of aryl methyl sites for hydroxylation is 1. The number of benzene rings is 3. The smallest absolute Gasteiger partial charge is 0.264 e. The van der Waals surface area contributed by atoms with Crippen LogP contribution in [0, 0.1) is 6.92 Å². The van der Waals surface area contributed by atoms with Gasteiger partial charge in [-0.05, 0) is 62.7 Å². The molecule has 0 aliphatic heterocycles. The lowest BCUT2D eigenvalue weighted by Crippen LogP contribution is -2.39. The van der Waals surface area contributed by atoms with Crippen molar-refractivity contribution >= 4 is 33.5 Å². The second-order valence-corrected chi connectivity index (χ2v) is 10.3. The minimum atomic E-state index is -4.09. The Bertz CT molecular complexity index is 1350. The molecule has 1 amide bonds. The molecule has 0 bridgehead atoms. The van der Waals surface area contributed by atoms with E-state index in [1.54, 1.807) is 24.3 Å². The van der Waals surface area contributed by atoms with Gasteiger partial charge >= 0.3 is 0 Å². The van der Waals surface area contributed by atoms with Crippen LogP contribution in [0.5, 0.6) is 11.5 Å². The normalized spacial score (nSPS) is 11.3. The molecule has 0 atom stereocenters. The monoisotopic (exact) mass is 538 g/mol. The molecule has 0 saturated heterocycles. The first-order valence-electron chi connectivity index (χ1n) is 12.2. The summed E-state index contributed by atoms with van der Waals surface area (Å²) in [5.41, 5.74) is 5.49. The highest BCUT2D eigenvalue weighted by Gasteiger charge is 2.28. The largest absolute Gasteiger partial charge is 0.493 e. The molecule has 0 saturated carbocycles. The Morgan fingerprint density at radius 2 is 1.50 bits per heavy atom. The van der Waals surface area contributed by atoms with E-state index >= 15 is 0 Å². The number of nitrogens with one attached hydrogen (secondary N) is 1. The molecule has 0 fully saturated rings. The molecular formula is C28H34N4O5S. The van der Waals surface area contributed by atoms with Crippen molar-refractivity contribution in [3.8, 4) is 11.5 Å². The number of hydrazone groups is 1. The van der Waals surface area contributed by atoms with E-state index in [4.69, 9.17) is 9.47 Å². The number of ether oxygens (including phenoxy) is 2. The summed E-state index contributed by atoms with van der Waals surface area (Å²) in [7, 11) is -1.14. The highest BCUT2D eigenvalue weighted by atomic mass is 32.2. The Morgan fingerprint density at radius 1 is 0.895 bits per heavy atom. The van der Waals surface area contributed by atoms with Gasteiger partial charge < -0.3 is 14.4 Å². The van der Waals surface area contributed by atoms with Crippen LogP contribution in [0.15, 0.2) is 76.7 Å². The fourth-order valence-electron chi connectivity index (χ4n) is 3.84. The SMILES string of the molecule is CCN(CC)c1ccc(/C=N\NC(=O)CN(c2ccc(OC)c(OC)c2)S(=O)(=O)c2ccc(C)cc2)cc1. The van der Waals surface area contributed by atoms with Crippen LogP contribution in [0.1, 0.15) is 25.0 Å². The molecular weight excluding hydrogens is 504 g/mol. The molecule has 38 heavy (non-hydrogen) atoms. The molecule has 3 aromatic rings. The summed E-state index contributed by atoms with van der Waals surface area (Å²) in [6, 6.07) is 18.9. The van der Waals surface area contributed by atoms with E-state index in [-0.39, 0.29) is 10.6 Å². The topological polar surface area (TPSA) is 101 Å². The van der Waals surface area contributed by atoms with Crippen LogP contribution in [0.25, 0.3) is 0 Å². The third-order valence-corrected chi connectivity index (χ3v) is 7.76. The van der Waals surface area contributed by atoms with E-state index in [0.29, 0.717) is 11.5 Å². The summed E-state index contributed by atoms with van der Waals surface area (Å²) in [6.45, 7) is 7.37. The van der Waals surface area contributed by atoms with Crippen LogP contribution in [-0.4, -0.2) is 54.4 Å². The lowest BCUT2D eigenvalue weighted by molar-refractivity contribution is -0.119. The second-order valence-electron chi connectivity index (χ2n) is 8.42. The minimum absolute atomic E-state index is 0.0579. The number of methoxy groups -OCH3 is 2. The average Bonchev–Trinajstić information content (AvgIpc) is 2.93. The Morgan fingerprint density at radius 3 is 2.08 bits per heavy atom. The van der Waals surface area contributed by atoms with Crippen LogP contribution in [-0.2, 0) is 14.8 Å². The van der Waals surface area contributed by atoms with Crippen molar-refractivity contribution in [2.45, 2.75) is 25.7 Å². The number of nitrogens with zero attached hydrogens (tertiary/aromatic N) is 3. The Balaban J connectivity index is 1.83. The van der Waals surface area contributed by atoms with Gasteiger partial charge in [-0.2, -0.15) is 5.10 Å². The number of hydrogen-bond acceptors (Lipinski definition) is 7. The van der Waals surface area contributed by atoms with Gasteiger partial charge in [0.25, 0.3) is 15.9 Å². The Labute approximate surface area is 224 Å². The number of carbonyl (C=O) groups excluding carboxylic acids is 1. The van der Waals surface area contributed by atoms with E-state index in [2.05, 4.69) is 29.3 Å². The standard InChI is InChI=1S/C28H34N4O5S/c1-6-31(7-2)23-12-10-22(11-13-23)19-29-30-28(33)20-32(24-14-17-26(36-4)27(18-24)37-5)38(34,35)25-15-8-21(3)9-16-25/h8-19H,6-7,20H2,1-5H3,(H,30,33)/b29-19-. The van der Waals surface area contributed by atoms with Crippen molar-refractivity contribution in [1.29, 1.82) is 0 Å². The summed E-state index contributed by atoms with van der Waals surface area (Å²) in [5, 5.41) is 4.03. The molecule has 3 aromatic carbocycles. The summed E-state index contributed by atoms with van der Waals surface area (Å²) >= 11 is 0. The molecule has 0 spiro atoms. The number of rotatable bonds is 12. The van der Waals surface area contributed by atoms with Crippen LogP contribution in [0.3, 0.4) is 0 Å². The third kappa shape index (κ3) is 6.83. The number of sulfonamides is 1. The average molecular weight is 539 g/mol. The predicted molar refractivity (Wildman–Crippen MR) is 151 cm³/mol. The molecule has 0 aromatic heterocycles. The van der Waals surface area contributed by atoms with E-state index < -0.39 is 22.5 Å². The van der Waals surface area contributed by atoms with Gasteiger partial charge in [-0.3, -0.25) is 9.10 Å². The van der Waals surface area contributed by atoms with Crippen molar-refractivity contribution in [2.75, 3.05) is 43.1 Å². The van der Waals surface area contributed by atoms with Crippen molar-refractivity contribution in [3.63, 3.8) is 0 Å². The number of hydrogen-bond donors (Lipinski definition) is 1. The van der Waals surface area contributed by atoms with E-state index in [9.17, 15) is 13.2 Å². The lowest BCUT2D eigenvalue weighted by Gasteiger charge is -2.24. The van der Waals surface area contributed by atoms with Crippen molar-refractivity contribution in [2.24, 2.45) is 5.10 Å². The fraction of sp³-hybridized carbons (Fsp3) is 0.286. The van der Waals surface area contributed by atoms with E-state index in [0.717, 1.165) is 34.2 Å². The third-order valence-electron chi connectivity index (χ3n) is 5.98. The summed E-state index contributed by atoms with van der Waals surface area (Å²) in [5.74, 6) is 0.164. The van der Waals surface area contributed by atoms with Crippen LogP contribution in [0.4, 0.5) is 11.4 Å². The van der Waals surface area contributed by atoms with Gasteiger partial charge in [0.1, 0.15) is 6.54 Å². The Hall–Kier alpha value is -4.05. The summed E-state index contributed by atoms with van der Waals surface area (Å²) in [4.78, 5) is 15.1. The summed E-state index contributed by atoms with van der Waals surface area (Å²) < 4.78 is 38.8. The van der Waals surface area contributed by atoms with Gasteiger partial charge in [-0.15, -0.1) is 0 Å². The number of amides is 1. The van der Waals surface area contributed by atoms with Gasteiger partial charge in [0, 0.05) is 24.8 Å². The molecule has 0 radical (unpaired) electrons. The zero-order valence-corrected chi connectivity index (χ0v) is 23.2. The minimum Gasteiger partial charge on any atom is -0.493 e. The van der Waals surface area contributed by atoms with Crippen molar-refractivity contribution < 1.29 is 22.7 Å². The first-order chi connectivity index (χ1) is 18.2. The number of anilines is 2.